The molecular weight excluding hydrogens is 526 g/mol. The number of rotatable bonds is 27. The SMILES string of the molecule is CCCCC/C=C\C/C=C\CCCCCCC1(CCCCCC/C=C\C/C=C\CCCCC)O[C@H]2C[C@@H](N(C)C)C[C@H]2O1. The molecule has 0 aromatic heterocycles. The maximum absolute atomic E-state index is 6.80. The lowest BCUT2D eigenvalue weighted by Crippen LogP contribution is -2.34. The number of unbranched alkanes of at least 4 members (excludes halogenated alkanes) is 14. The molecule has 3 atom stereocenters. The van der Waals surface area contributed by atoms with E-state index < -0.39 is 0 Å². The Morgan fingerprint density at radius 1 is 0.512 bits per heavy atom. The number of hydrogen-bond donors (Lipinski definition) is 0. The van der Waals surface area contributed by atoms with Crippen molar-refractivity contribution in [2.75, 3.05) is 14.1 Å². The van der Waals surface area contributed by atoms with E-state index in [0.717, 1.165) is 38.5 Å². The zero-order valence-electron chi connectivity index (χ0n) is 29.1. The Kier molecular flexibility index (Phi) is 22.2. The Hall–Kier alpha value is -1.16. The largest absolute Gasteiger partial charge is 0.344 e. The molecule has 0 aromatic carbocycles. The first-order chi connectivity index (χ1) is 21.1. The molecule has 2 aliphatic rings. The van der Waals surface area contributed by atoms with Gasteiger partial charge in [0.1, 0.15) is 0 Å². The zero-order chi connectivity index (χ0) is 30.9. The van der Waals surface area contributed by atoms with E-state index in [9.17, 15) is 0 Å². The Bertz CT molecular complexity index is 706. The van der Waals surface area contributed by atoms with E-state index in [1.54, 1.807) is 0 Å². The number of fused-ring (bicyclic) bond motifs is 1. The molecule has 1 aliphatic heterocycles. The third-order valence-corrected chi connectivity index (χ3v) is 9.40. The maximum Gasteiger partial charge on any atom is 0.169 e. The Morgan fingerprint density at radius 3 is 1.26 bits per heavy atom. The van der Waals surface area contributed by atoms with Crippen LogP contribution in [0.25, 0.3) is 0 Å². The van der Waals surface area contributed by atoms with Crippen LogP contribution in [-0.2, 0) is 9.47 Å². The number of hydrogen-bond acceptors (Lipinski definition) is 3. The van der Waals surface area contributed by atoms with Gasteiger partial charge in [0.25, 0.3) is 0 Å². The van der Waals surface area contributed by atoms with Gasteiger partial charge in [0.2, 0.25) is 0 Å². The highest BCUT2D eigenvalue weighted by Gasteiger charge is 2.51. The summed E-state index contributed by atoms with van der Waals surface area (Å²) in [5.41, 5.74) is 0. The average Bonchev–Trinajstić information content (AvgIpc) is 3.54. The third-order valence-electron chi connectivity index (χ3n) is 9.40. The molecule has 0 aromatic rings. The second-order valence-corrected chi connectivity index (χ2v) is 13.6. The summed E-state index contributed by atoms with van der Waals surface area (Å²) in [6, 6.07) is 0.599. The fraction of sp³-hybridized carbons (Fsp3) is 0.800. The maximum atomic E-state index is 6.80. The highest BCUT2D eigenvalue weighted by Crippen LogP contribution is 2.44. The van der Waals surface area contributed by atoms with Crippen molar-refractivity contribution in [1.82, 2.24) is 4.90 Å². The molecule has 3 heteroatoms. The van der Waals surface area contributed by atoms with Crippen LogP contribution in [0.4, 0.5) is 0 Å². The van der Waals surface area contributed by atoms with Gasteiger partial charge in [0.15, 0.2) is 5.79 Å². The van der Waals surface area contributed by atoms with Crippen LogP contribution in [0.15, 0.2) is 48.6 Å². The first-order valence-corrected chi connectivity index (χ1v) is 18.7. The molecule has 248 valence electrons. The van der Waals surface area contributed by atoms with Gasteiger partial charge in [-0.2, -0.15) is 0 Å². The van der Waals surface area contributed by atoms with Crippen LogP contribution in [0.5, 0.6) is 0 Å². The van der Waals surface area contributed by atoms with Crippen LogP contribution in [0.2, 0.25) is 0 Å². The van der Waals surface area contributed by atoms with Crippen molar-refractivity contribution >= 4 is 0 Å². The Labute approximate surface area is 268 Å². The van der Waals surface area contributed by atoms with Crippen molar-refractivity contribution < 1.29 is 9.47 Å². The molecule has 0 N–H and O–H groups in total. The molecular formula is C40H71NO2. The fourth-order valence-electron chi connectivity index (χ4n) is 6.60. The van der Waals surface area contributed by atoms with Gasteiger partial charge in [-0.15, -0.1) is 0 Å². The number of allylic oxidation sites excluding steroid dienone is 8. The summed E-state index contributed by atoms with van der Waals surface area (Å²) in [5, 5.41) is 0. The molecule has 0 radical (unpaired) electrons. The molecule has 2 rings (SSSR count). The minimum Gasteiger partial charge on any atom is -0.344 e. The predicted octanol–water partition coefficient (Wildman–Crippen LogP) is 12.0. The summed E-state index contributed by atoms with van der Waals surface area (Å²) in [7, 11) is 4.39. The highest BCUT2D eigenvalue weighted by molar-refractivity contribution is 4.97. The standard InChI is InChI=1S/C40H71NO2/c1-5-7-9-11-13-15-17-19-21-23-25-27-29-31-33-40(42-38-35-37(41(3)4)36-39(38)43-40)34-32-30-28-26-24-22-20-18-16-14-12-10-8-6-2/h13-16,19-22,37-39H,5-12,17-18,23-36H2,1-4H3/b15-13-,16-14-,21-19-,22-20-/t37-,38+,39-. The first kappa shape index (κ1) is 38.0. The van der Waals surface area contributed by atoms with E-state index >= 15 is 0 Å². The van der Waals surface area contributed by atoms with Crippen molar-refractivity contribution in [1.29, 1.82) is 0 Å². The van der Waals surface area contributed by atoms with Gasteiger partial charge in [0.05, 0.1) is 12.2 Å². The minimum atomic E-state index is -0.320. The fourth-order valence-corrected chi connectivity index (χ4v) is 6.60. The summed E-state index contributed by atoms with van der Waals surface area (Å²) in [5.74, 6) is -0.320. The van der Waals surface area contributed by atoms with Gasteiger partial charge in [-0.1, -0.05) is 114 Å². The van der Waals surface area contributed by atoms with Gasteiger partial charge in [-0.05, 0) is 104 Å². The van der Waals surface area contributed by atoms with E-state index in [0.29, 0.717) is 18.2 Å². The van der Waals surface area contributed by atoms with Crippen molar-refractivity contribution in [2.45, 2.75) is 192 Å². The second-order valence-electron chi connectivity index (χ2n) is 13.6. The van der Waals surface area contributed by atoms with Crippen LogP contribution >= 0.6 is 0 Å². The molecule has 0 amide bonds. The zero-order valence-corrected chi connectivity index (χ0v) is 29.1. The van der Waals surface area contributed by atoms with E-state index in [4.69, 9.17) is 9.47 Å². The molecule has 0 unspecified atom stereocenters. The summed E-state index contributed by atoms with van der Waals surface area (Å²) in [6.07, 6.45) is 49.1. The summed E-state index contributed by atoms with van der Waals surface area (Å²) < 4.78 is 13.6. The topological polar surface area (TPSA) is 21.7 Å². The normalized spacial score (nSPS) is 22.0. The molecule has 43 heavy (non-hydrogen) atoms. The van der Waals surface area contributed by atoms with E-state index in [1.807, 2.05) is 0 Å². The lowest BCUT2D eigenvalue weighted by molar-refractivity contribution is -0.193. The first-order valence-electron chi connectivity index (χ1n) is 18.7. The third kappa shape index (κ3) is 17.8. The lowest BCUT2D eigenvalue weighted by Gasteiger charge is -2.31. The summed E-state index contributed by atoms with van der Waals surface area (Å²) in [4.78, 5) is 2.35. The van der Waals surface area contributed by atoms with Crippen LogP contribution in [-0.4, -0.2) is 43.0 Å². The molecule has 0 spiro atoms. The second kappa shape index (κ2) is 25.1. The Balaban J connectivity index is 1.61. The quantitative estimate of drug-likeness (QED) is 0.0694. The van der Waals surface area contributed by atoms with Crippen LogP contribution in [0.1, 0.15) is 168 Å². The van der Waals surface area contributed by atoms with E-state index in [-0.39, 0.29) is 5.79 Å². The van der Waals surface area contributed by atoms with Gasteiger partial charge in [0, 0.05) is 18.9 Å². The van der Waals surface area contributed by atoms with Crippen molar-refractivity contribution in [3.63, 3.8) is 0 Å². The molecule has 1 heterocycles. The number of ether oxygens (including phenoxy) is 2. The molecule has 1 saturated carbocycles. The van der Waals surface area contributed by atoms with Crippen LogP contribution in [0, 0.1) is 0 Å². The molecule has 1 aliphatic carbocycles. The van der Waals surface area contributed by atoms with Gasteiger partial charge < -0.3 is 14.4 Å². The lowest BCUT2D eigenvalue weighted by atomic mass is 9.99. The van der Waals surface area contributed by atoms with Crippen LogP contribution < -0.4 is 0 Å². The average molecular weight is 598 g/mol. The van der Waals surface area contributed by atoms with Crippen molar-refractivity contribution in [3.8, 4) is 0 Å². The predicted molar refractivity (Wildman–Crippen MR) is 189 cm³/mol. The van der Waals surface area contributed by atoms with Gasteiger partial charge >= 0.3 is 0 Å². The monoisotopic (exact) mass is 598 g/mol. The molecule has 1 saturated heterocycles. The van der Waals surface area contributed by atoms with Crippen LogP contribution in [0.3, 0.4) is 0 Å². The molecule has 0 bridgehead atoms. The molecule has 2 fully saturated rings. The summed E-state index contributed by atoms with van der Waals surface area (Å²) >= 11 is 0. The minimum absolute atomic E-state index is 0.295. The highest BCUT2D eigenvalue weighted by atomic mass is 16.8. The van der Waals surface area contributed by atoms with Crippen molar-refractivity contribution in [3.05, 3.63) is 48.6 Å². The Morgan fingerprint density at radius 2 is 0.884 bits per heavy atom. The van der Waals surface area contributed by atoms with Gasteiger partial charge in [-0.3, -0.25) is 0 Å². The van der Waals surface area contributed by atoms with E-state index in [1.165, 1.54) is 116 Å². The van der Waals surface area contributed by atoms with E-state index in [2.05, 4.69) is 81.5 Å². The number of nitrogens with zero attached hydrogens (tertiary/aromatic N) is 1. The summed E-state index contributed by atoms with van der Waals surface area (Å²) in [6.45, 7) is 4.54. The van der Waals surface area contributed by atoms with Crippen molar-refractivity contribution in [2.24, 2.45) is 0 Å². The smallest absolute Gasteiger partial charge is 0.169 e. The molecule has 3 nitrogen and oxygen atoms in total. The van der Waals surface area contributed by atoms with Gasteiger partial charge in [-0.25, -0.2) is 0 Å².